The molecule has 1 aromatic heterocycles. The van der Waals surface area contributed by atoms with E-state index in [1.807, 2.05) is 48.5 Å². The van der Waals surface area contributed by atoms with Gasteiger partial charge in [0, 0.05) is 14.9 Å². The molecule has 0 radical (unpaired) electrons. The predicted molar refractivity (Wildman–Crippen MR) is 90.0 cm³/mol. The molecule has 1 heterocycles. The predicted octanol–water partition coefficient (Wildman–Crippen LogP) is 4.80. The number of hydrogen-bond donors (Lipinski definition) is 0. The highest BCUT2D eigenvalue weighted by molar-refractivity contribution is 9.10. The maximum Gasteiger partial charge on any atom is 0.237 e. The summed E-state index contributed by atoms with van der Waals surface area (Å²) < 4.78 is 11.6. The Morgan fingerprint density at radius 3 is 2.77 bits per heavy atom. The lowest BCUT2D eigenvalue weighted by Gasteiger charge is -2.00. The number of methoxy groups -OCH3 is 1. The number of nitrogens with zero attached hydrogens (tertiary/aromatic N) is 2. The van der Waals surface area contributed by atoms with E-state index in [9.17, 15) is 0 Å². The van der Waals surface area contributed by atoms with Gasteiger partial charge in [0.25, 0.3) is 0 Å². The number of halogens is 1. The van der Waals surface area contributed by atoms with Crippen molar-refractivity contribution < 1.29 is 9.26 Å². The van der Waals surface area contributed by atoms with Gasteiger partial charge < -0.3 is 9.26 Å². The highest BCUT2D eigenvalue weighted by Crippen LogP contribution is 2.26. The van der Waals surface area contributed by atoms with Crippen molar-refractivity contribution in [3.8, 4) is 17.1 Å². The molecule has 0 aliphatic carbocycles. The van der Waals surface area contributed by atoms with E-state index in [-0.39, 0.29) is 0 Å². The summed E-state index contributed by atoms with van der Waals surface area (Å²) in [5.74, 6) is 2.59. The van der Waals surface area contributed by atoms with E-state index in [0.29, 0.717) is 17.5 Å². The monoisotopic (exact) mass is 376 g/mol. The minimum Gasteiger partial charge on any atom is -0.497 e. The van der Waals surface area contributed by atoms with Gasteiger partial charge in [-0.15, -0.1) is 11.8 Å². The lowest BCUT2D eigenvalue weighted by atomic mass is 10.2. The Morgan fingerprint density at radius 2 is 2.00 bits per heavy atom. The number of benzene rings is 2. The summed E-state index contributed by atoms with van der Waals surface area (Å²) in [4.78, 5) is 5.58. The quantitative estimate of drug-likeness (QED) is 0.598. The zero-order valence-electron chi connectivity index (χ0n) is 11.8. The van der Waals surface area contributed by atoms with Crippen molar-refractivity contribution in [2.75, 3.05) is 7.11 Å². The Kier molecular flexibility index (Phi) is 4.80. The van der Waals surface area contributed by atoms with E-state index in [2.05, 4.69) is 26.1 Å². The summed E-state index contributed by atoms with van der Waals surface area (Å²) in [5, 5.41) is 4.03. The molecular formula is C16H13BrN2O2S. The molecule has 0 N–H and O–H groups in total. The second kappa shape index (κ2) is 6.98. The molecule has 0 saturated heterocycles. The van der Waals surface area contributed by atoms with Crippen molar-refractivity contribution in [3.63, 3.8) is 0 Å². The van der Waals surface area contributed by atoms with Crippen LogP contribution in [0.4, 0.5) is 0 Å². The summed E-state index contributed by atoms with van der Waals surface area (Å²) in [5.41, 5.74) is 0.878. The van der Waals surface area contributed by atoms with Crippen LogP contribution in [0.3, 0.4) is 0 Å². The maximum atomic E-state index is 5.31. The van der Waals surface area contributed by atoms with Crippen molar-refractivity contribution in [2.24, 2.45) is 0 Å². The topological polar surface area (TPSA) is 48.2 Å². The first-order valence-electron chi connectivity index (χ1n) is 6.60. The Labute approximate surface area is 141 Å². The molecule has 0 saturated carbocycles. The van der Waals surface area contributed by atoms with Crippen LogP contribution in [0.5, 0.6) is 5.75 Å². The molecule has 0 fully saturated rings. The van der Waals surface area contributed by atoms with Crippen LogP contribution in [0, 0.1) is 0 Å². The van der Waals surface area contributed by atoms with Crippen LogP contribution < -0.4 is 4.74 Å². The molecule has 0 aliphatic rings. The largest absolute Gasteiger partial charge is 0.497 e. The zero-order valence-corrected chi connectivity index (χ0v) is 14.2. The van der Waals surface area contributed by atoms with E-state index >= 15 is 0 Å². The number of aromatic nitrogens is 2. The molecule has 112 valence electrons. The zero-order chi connectivity index (χ0) is 15.4. The van der Waals surface area contributed by atoms with Crippen molar-refractivity contribution >= 4 is 27.7 Å². The van der Waals surface area contributed by atoms with Crippen molar-refractivity contribution in [1.29, 1.82) is 0 Å². The van der Waals surface area contributed by atoms with Gasteiger partial charge in [-0.1, -0.05) is 33.2 Å². The molecule has 0 atom stereocenters. The number of rotatable bonds is 5. The third-order valence-electron chi connectivity index (χ3n) is 2.97. The molecule has 3 aromatic rings. The lowest BCUT2D eigenvalue weighted by Crippen LogP contribution is -1.86. The van der Waals surface area contributed by atoms with Crippen molar-refractivity contribution in [2.45, 2.75) is 10.6 Å². The first-order chi connectivity index (χ1) is 10.7. The molecule has 6 heteroatoms. The third kappa shape index (κ3) is 3.69. The van der Waals surface area contributed by atoms with Crippen molar-refractivity contribution in [3.05, 3.63) is 58.9 Å². The molecule has 0 aliphatic heterocycles. The minimum absolute atomic E-state index is 0.574. The third-order valence-corrected chi connectivity index (χ3v) is 4.50. The average Bonchev–Trinajstić information content (AvgIpc) is 3.03. The van der Waals surface area contributed by atoms with Crippen molar-refractivity contribution in [1.82, 2.24) is 10.1 Å². The smallest absolute Gasteiger partial charge is 0.237 e. The molecule has 0 amide bonds. The molecule has 2 aromatic carbocycles. The van der Waals surface area contributed by atoms with Gasteiger partial charge in [0.15, 0.2) is 0 Å². The Bertz CT molecular complexity index is 759. The number of thioether (sulfide) groups is 1. The van der Waals surface area contributed by atoms with E-state index in [0.717, 1.165) is 20.7 Å². The van der Waals surface area contributed by atoms with Gasteiger partial charge in [-0.05, 0) is 36.4 Å². The first kappa shape index (κ1) is 15.1. The van der Waals surface area contributed by atoms with Gasteiger partial charge in [-0.3, -0.25) is 0 Å². The van der Waals surface area contributed by atoms with Crippen LogP contribution in [0.15, 0.2) is 62.4 Å². The fourth-order valence-electron chi connectivity index (χ4n) is 1.87. The summed E-state index contributed by atoms with van der Waals surface area (Å²) >= 11 is 5.08. The molecule has 0 bridgehead atoms. The molecule has 0 spiro atoms. The molecule has 22 heavy (non-hydrogen) atoms. The second-order valence-corrected chi connectivity index (χ2v) is 6.45. The minimum atomic E-state index is 0.574. The SMILES string of the molecule is COc1cccc(-c2noc(CSc3ccc(Br)cc3)n2)c1. The Morgan fingerprint density at radius 1 is 1.18 bits per heavy atom. The summed E-state index contributed by atoms with van der Waals surface area (Å²) in [6.45, 7) is 0. The van der Waals surface area contributed by atoms with Gasteiger partial charge in [-0.25, -0.2) is 0 Å². The van der Waals surface area contributed by atoms with Crippen LogP contribution in [0.25, 0.3) is 11.4 Å². The Hall–Kier alpha value is -1.79. The Balaban J connectivity index is 1.69. The molecular weight excluding hydrogens is 364 g/mol. The second-order valence-electron chi connectivity index (χ2n) is 4.49. The van der Waals surface area contributed by atoms with Crippen LogP contribution in [-0.4, -0.2) is 17.3 Å². The highest BCUT2D eigenvalue weighted by atomic mass is 79.9. The van der Waals surface area contributed by atoms with E-state index in [1.54, 1.807) is 18.9 Å². The van der Waals surface area contributed by atoms with Gasteiger partial charge in [0.2, 0.25) is 11.7 Å². The normalized spacial score (nSPS) is 10.6. The van der Waals surface area contributed by atoms with Gasteiger partial charge in [0.1, 0.15) is 5.75 Å². The lowest BCUT2D eigenvalue weighted by molar-refractivity contribution is 0.391. The van der Waals surface area contributed by atoms with E-state index in [4.69, 9.17) is 9.26 Å². The molecule has 4 nitrogen and oxygen atoms in total. The summed E-state index contributed by atoms with van der Waals surface area (Å²) in [6, 6.07) is 15.7. The highest BCUT2D eigenvalue weighted by Gasteiger charge is 2.09. The van der Waals surface area contributed by atoms with Crippen LogP contribution in [0.1, 0.15) is 5.89 Å². The maximum absolute atomic E-state index is 5.31. The first-order valence-corrected chi connectivity index (χ1v) is 8.38. The fourth-order valence-corrected chi connectivity index (χ4v) is 2.87. The summed E-state index contributed by atoms with van der Waals surface area (Å²) in [7, 11) is 1.63. The number of hydrogen-bond acceptors (Lipinski definition) is 5. The average molecular weight is 377 g/mol. The van der Waals surface area contributed by atoms with Crippen LogP contribution in [0.2, 0.25) is 0 Å². The molecule has 0 unspecified atom stereocenters. The molecule has 3 rings (SSSR count). The van der Waals surface area contributed by atoms with Gasteiger partial charge >= 0.3 is 0 Å². The van der Waals surface area contributed by atoms with Crippen LogP contribution in [-0.2, 0) is 5.75 Å². The van der Waals surface area contributed by atoms with Gasteiger partial charge in [0.05, 0.1) is 12.9 Å². The summed E-state index contributed by atoms with van der Waals surface area (Å²) in [6.07, 6.45) is 0. The van der Waals surface area contributed by atoms with Gasteiger partial charge in [-0.2, -0.15) is 4.98 Å². The standard InChI is InChI=1S/C16H13BrN2O2S/c1-20-13-4-2-3-11(9-13)16-18-15(21-19-16)10-22-14-7-5-12(17)6-8-14/h2-9H,10H2,1H3. The fraction of sp³-hybridized carbons (Fsp3) is 0.125. The van der Waals surface area contributed by atoms with Crippen LogP contribution >= 0.6 is 27.7 Å². The number of ether oxygens (including phenoxy) is 1. The van der Waals surface area contributed by atoms with E-state index < -0.39 is 0 Å². The van der Waals surface area contributed by atoms with E-state index in [1.165, 1.54) is 0 Å².